The van der Waals surface area contributed by atoms with Gasteiger partial charge in [-0.3, -0.25) is 4.99 Å². The zero-order valence-electron chi connectivity index (χ0n) is 13.8. The molecule has 7 heteroatoms. The van der Waals surface area contributed by atoms with Gasteiger partial charge < -0.3 is 15.0 Å². The number of hydrogen-bond donors (Lipinski definition) is 1. The van der Waals surface area contributed by atoms with Crippen LogP contribution in [0.15, 0.2) is 4.99 Å². The van der Waals surface area contributed by atoms with E-state index in [9.17, 15) is 8.42 Å². The Morgan fingerprint density at radius 3 is 2.41 bits per heavy atom. The van der Waals surface area contributed by atoms with Crippen molar-refractivity contribution < 1.29 is 13.2 Å². The number of fused-ring (bicyclic) bond motifs is 1. The summed E-state index contributed by atoms with van der Waals surface area (Å²) in [5, 5.41) is 3.32. The molecule has 0 bridgehead atoms. The minimum Gasteiger partial charge on any atom is -0.379 e. The highest BCUT2D eigenvalue weighted by Gasteiger charge is 2.35. The summed E-state index contributed by atoms with van der Waals surface area (Å²) >= 11 is 0. The van der Waals surface area contributed by atoms with Crippen LogP contribution in [-0.4, -0.2) is 71.2 Å². The Hall–Kier alpha value is -0.820. The van der Waals surface area contributed by atoms with Gasteiger partial charge in [-0.15, -0.1) is 0 Å². The van der Waals surface area contributed by atoms with Crippen molar-refractivity contribution in [3.63, 3.8) is 0 Å². The first-order valence-corrected chi connectivity index (χ1v) is 10.3. The molecule has 1 aliphatic heterocycles. The van der Waals surface area contributed by atoms with Crippen LogP contribution in [0.2, 0.25) is 0 Å². The molecule has 0 aromatic rings. The van der Waals surface area contributed by atoms with Gasteiger partial charge in [0.2, 0.25) is 0 Å². The number of nitrogens with zero attached hydrogens (tertiary/aromatic N) is 2. The fourth-order valence-corrected chi connectivity index (χ4v) is 3.88. The Kier molecular flexibility index (Phi) is 6.50. The number of guanidine groups is 1. The van der Waals surface area contributed by atoms with Crippen LogP contribution in [0, 0.1) is 11.8 Å². The first kappa shape index (κ1) is 17.5. The average molecular weight is 331 g/mol. The van der Waals surface area contributed by atoms with Crippen LogP contribution in [0.1, 0.15) is 25.7 Å². The van der Waals surface area contributed by atoms with Crippen LogP contribution in [0.25, 0.3) is 0 Å². The molecule has 2 fully saturated rings. The highest BCUT2D eigenvalue weighted by molar-refractivity contribution is 7.90. The summed E-state index contributed by atoms with van der Waals surface area (Å²) in [4.78, 5) is 6.72. The van der Waals surface area contributed by atoms with Gasteiger partial charge in [-0.25, -0.2) is 8.42 Å². The average Bonchev–Trinajstić information content (AvgIpc) is 2.89. The third kappa shape index (κ3) is 5.43. The molecule has 1 N–H and O–H groups in total. The second kappa shape index (κ2) is 8.15. The highest BCUT2D eigenvalue weighted by atomic mass is 32.2. The minimum atomic E-state index is -2.93. The molecular formula is C15H29N3O3S. The first-order chi connectivity index (χ1) is 10.5. The summed E-state index contributed by atoms with van der Waals surface area (Å²) in [6.45, 7) is 3.63. The van der Waals surface area contributed by atoms with Gasteiger partial charge in [0.1, 0.15) is 9.84 Å². The van der Waals surface area contributed by atoms with Crippen molar-refractivity contribution in [3.8, 4) is 0 Å². The highest BCUT2D eigenvalue weighted by Crippen LogP contribution is 2.35. The van der Waals surface area contributed by atoms with Crippen molar-refractivity contribution >= 4 is 15.8 Å². The number of hydrogen-bond acceptors (Lipinski definition) is 4. The predicted molar refractivity (Wildman–Crippen MR) is 88.9 cm³/mol. The van der Waals surface area contributed by atoms with Gasteiger partial charge in [0, 0.05) is 32.9 Å². The Labute approximate surface area is 134 Å². The molecule has 2 atom stereocenters. The third-order valence-corrected chi connectivity index (χ3v) is 5.52. The van der Waals surface area contributed by atoms with Gasteiger partial charge >= 0.3 is 0 Å². The lowest BCUT2D eigenvalue weighted by Crippen LogP contribution is -2.41. The van der Waals surface area contributed by atoms with E-state index in [0.717, 1.165) is 30.9 Å². The Morgan fingerprint density at radius 1 is 1.23 bits per heavy atom. The molecule has 2 unspecified atom stereocenters. The Morgan fingerprint density at radius 2 is 1.86 bits per heavy atom. The number of likely N-dealkylation sites (tertiary alicyclic amines) is 1. The van der Waals surface area contributed by atoms with E-state index in [1.54, 1.807) is 0 Å². The van der Waals surface area contributed by atoms with E-state index < -0.39 is 9.84 Å². The van der Waals surface area contributed by atoms with Gasteiger partial charge in [-0.1, -0.05) is 12.8 Å². The molecule has 0 spiro atoms. The van der Waals surface area contributed by atoms with Crippen molar-refractivity contribution in [1.82, 2.24) is 10.2 Å². The molecule has 0 amide bonds. The molecule has 1 heterocycles. The topological polar surface area (TPSA) is 71.0 Å². The summed E-state index contributed by atoms with van der Waals surface area (Å²) < 4.78 is 27.3. The predicted octanol–water partition coefficient (Wildman–Crippen LogP) is 0.745. The monoisotopic (exact) mass is 331 g/mol. The smallest absolute Gasteiger partial charge is 0.193 e. The molecular weight excluding hydrogens is 302 g/mol. The summed E-state index contributed by atoms with van der Waals surface area (Å²) in [5.41, 5.74) is 0. The lowest BCUT2D eigenvalue weighted by atomic mass is 9.82. The molecule has 2 aliphatic rings. The normalized spacial score (nSPS) is 26.1. The summed E-state index contributed by atoms with van der Waals surface area (Å²) in [6, 6.07) is 0. The van der Waals surface area contributed by atoms with Gasteiger partial charge in [0.15, 0.2) is 5.96 Å². The zero-order valence-corrected chi connectivity index (χ0v) is 14.6. The van der Waals surface area contributed by atoms with Crippen molar-refractivity contribution in [2.24, 2.45) is 16.8 Å². The van der Waals surface area contributed by atoms with Gasteiger partial charge in [0.05, 0.1) is 19.0 Å². The number of rotatable bonds is 6. The number of nitrogens with one attached hydrogen (secondary N) is 1. The summed E-state index contributed by atoms with van der Waals surface area (Å²) in [6.07, 6.45) is 6.67. The summed E-state index contributed by atoms with van der Waals surface area (Å²) in [5.74, 6) is 2.69. The third-order valence-electron chi connectivity index (χ3n) is 4.62. The number of sulfone groups is 1. The van der Waals surface area contributed by atoms with Crippen molar-refractivity contribution in [3.05, 3.63) is 0 Å². The van der Waals surface area contributed by atoms with Crippen LogP contribution < -0.4 is 5.32 Å². The van der Waals surface area contributed by atoms with E-state index in [4.69, 9.17) is 4.74 Å². The van der Waals surface area contributed by atoms with Crippen LogP contribution in [-0.2, 0) is 14.6 Å². The van der Waals surface area contributed by atoms with Gasteiger partial charge in [-0.2, -0.15) is 0 Å². The standard InChI is InChI=1S/C15H29N3O3S/c1-16-15(17-7-8-21-9-10-22(2,19)20)18-11-13-5-3-4-6-14(13)12-18/h13-14H,3-12H2,1-2H3,(H,16,17). The van der Waals surface area contributed by atoms with Gasteiger partial charge in [0.25, 0.3) is 0 Å². The quantitative estimate of drug-likeness (QED) is 0.442. The molecule has 6 nitrogen and oxygen atoms in total. The second-order valence-corrected chi connectivity index (χ2v) is 8.69. The minimum absolute atomic E-state index is 0.0806. The molecule has 2 rings (SSSR count). The molecule has 0 aromatic heterocycles. The van der Waals surface area contributed by atoms with Gasteiger partial charge in [-0.05, 0) is 24.7 Å². The van der Waals surface area contributed by atoms with Crippen LogP contribution in [0.3, 0.4) is 0 Å². The Balaban J connectivity index is 1.66. The van der Waals surface area contributed by atoms with E-state index in [1.165, 1.54) is 31.9 Å². The maximum atomic E-state index is 11.0. The Bertz CT molecular complexity index is 464. The maximum absolute atomic E-state index is 11.0. The van der Waals surface area contributed by atoms with Crippen LogP contribution >= 0.6 is 0 Å². The zero-order chi connectivity index (χ0) is 16.0. The van der Waals surface area contributed by atoms with E-state index >= 15 is 0 Å². The van der Waals surface area contributed by atoms with Crippen molar-refractivity contribution in [1.29, 1.82) is 0 Å². The lowest BCUT2D eigenvalue weighted by molar-refractivity contribution is 0.153. The first-order valence-electron chi connectivity index (χ1n) is 8.20. The maximum Gasteiger partial charge on any atom is 0.193 e. The molecule has 0 radical (unpaired) electrons. The van der Waals surface area contributed by atoms with E-state index in [0.29, 0.717) is 13.2 Å². The SMILES string of the molecule is CN=C(NCCOCCS(C)(=O)=O)N1CC2CCCCC2C1. The largest absolute Gasteiger partial charge is 0.379 e. The molecule has 0 aromatic carbocycles. The number of ether oxygens (including phenoxy) is 1. The second-order valence-electron chi connectivity index (χ2n) is 6.43. The van der Waals surface area contributed by atoms with E-state index in [1.807, 2.05) is 7.05 Å². The fourth-order valence-electron chi connectivity index (χ4n) is 3.46. The van der Waals surface area contributed by atoms with Crippen molar-refractivity contribution in [2.45, 2.75) is 25.7 Å². The van der Waals surface area contributed by atoms with Crippen LogP contribution in [0.4, 0.5) is 0 Å². The molecule has 1 aliphatic carbocycles. The molecule has 1 saturated heterocycles. The lowest BCUT2D eigenvalue weighted by Gasteiger charge is -2.22. The van der Waals surface area contributed by atoms with Crippen LogP contribution in [0.5, 0.6) is 0 Å². The van der Waals surface area contributed by atoms with Crippen molar-refractivity contribution in [2.75, 3.05) is 51.9 Å². The molecule has 1 saturated carbocycles. The fraction of sp³-hybridized carbons (Fsp3) is 0.933. The van der Waals surface area contributed by atoms with E-state index in [2.05, 4.69) is 15.2 Å². The summed E-state index contributed by atoms with van der Waals surface area (Å²) in [7, 11) is -1.12. The number of aliphatic imine (C=N–C) groups is 1. The molecule has 128 valence electrons. The van der Waals surface area contributed by atoms with E-state index in [-0.39, 0.29) is 12.4 Å². The molecule has 22 heavy (non-hydrogen) atoms.